The van der Waals surface area contributed by atoms with Crippen molar-refractivity contribution in [1.82, 2.24) is 4.90 Å². The van der Waals surface area contributed by atoms with E-state index >= 15 is 0 Å². The predicted molar refractivity (Wildman–Crippen MR) is 72.1 cm³/mol. The summed E-state index contributed by atoms with van der Waals surface area (Å²) in [5, 5.41) is 9.22. The summed E-state index contributed by atoms with van der Waals surface area (Å²) in [7, 11) is 0. The zero-order valence-electron chi connectivity index (χ0n) is 11.7. The number of likely N-dealkylation sites (N-methyl/N-ethyl adjacent to an activating group) is 1. The van der Waals surface area contributed by atoms with Crippen molar-refractivity contribution in [1.29, 1.82) is 0 Å². The molecule has 0 saturated heterocycles. The van der Waals surface area contributed by atoms with Crippen LogP contribution in [-0.2, 0) is 4.74 Å². The monoisotopic (exact) mass is 246 g/mol. The highest BCUT2D eigenvalue weighted by atomic mass is 16.5. The maximum absolute atomic E-state index is 9.22. The number of aliphatic hydroxyl groups excluding tert-OH is 1. The van der Waals surface area contributed by atoms with E-state index in [-0.39, 0.29) is 12.1 Å². The molecule has 0 aromatic heterocycles. The molecular weight excluding hydrogens is 216 g/mol. The minimum atomic E-state index is -0.390. The molecular formula is C13H30N2O2. The van der Waals surface area contributed by atoms with Crippen LogP contribution in [0, 0.1) is 0 Å². The topological polar surface area (TPSA) is 58.7 Å². The van der Waals surface area contributed by atoms with E-state index in [2.05, 4.69) is 11.8 Å². The van der Waals surface area contributed by atoms with Gasteiger partial charge in [-0.05, 0) is 39.3 Å². The normalized spacial score (nSPS) is 15.2. The zero-order valence-corrected chi connectivity index (χ0v) is 11.7. The molecule has 0 spiro atoms. The number of nitrogens with two attached hydrogens (primary N) is 1. The van der Waals surface area contributed by atoms with E-state index in [0.29, 0.717) is 0 Å². The molecule has 0 heterocycles. The van der Waals surface area contributed by atoms with E-state index in [1.807, 2.05) is 13.8 Å². The van der Waals surface area contributed by atoms with Crippen molar-refractivity contribution in [3.8, 4) is 0 Å². The summed E-state index contributed by atoms with van der Waals surface area (Å²) >= 11 is 0. The van der Waals surface area contributed by atoms with Gasteiger partial charge in [-0.2, -0.15) is 0 Å². The molecule has 1 atom stereocenters. The summed E-state index contributed by atoms with van der Waals surface area (Å²) < 4.78 is 5.35. The molecule has 0 radical (unpaired) electrons. The first-order valence-electron chi connectivity index (χ1n) is 6.81. The molecule has 4 nitrogen and oxygen atoms in total. The van der Waals surface area contributed by atoms with Crippen LogP contribution in [-0.4, -0.2) is 55.0 Å². The van der Waals surface area contributed by atoms with E-state index in [1.54, 1.807) is 0 Å². The van der Waals surface area contributed by atoms with Crippen molar-refractivity contribution in [3.05, 3.63) is 0 Å². The summed E-state index contributed by atoms with van der Waals surface area (Å²) in [6.07, 6.45) is 2.74. The number of ether oxygens (including phenoxy) is 1. The van der Waals surface area contributed by atoms with Gasteiger partial charge in [-0.25, -0.2) is 0 Å². The fourth-order valence-corrected chi connectivity index (χ4v) is 1.79. The van der Waals surface area contributed by atoms with Crippen LogP contribution in [0.2, 0.25) is 0 Å². The molecule has 4 heteroatoms. The largest absolute Gasteiger partial charge is 0.394 e. The van der Waals surface area contributed by atoms with Crippen LogP contribution in [0.5, 0.6) is 0 Å². The first-order valence-corrected chi connectivity index (χ1v) is 6.81. The van der Waals surface area contributed by atoms with Crippen molar-refractivity contribution in [2.45, 2.75) is 45.6 Å². The highest BCUT2D eigenvalue weighted by Gasteiger charge is 2.20. The lowest BCUT2D eigenvalue weighted by Crippen LogP contribution is -2.43. The maximum Gasteiger partial charge on any atom is 0.0611 e. The van der Waals surface area contributed by atoms with Gasteiger partial charge in [0, 0.05) is 18.7 Å². The van der Waals surface area contributed by atoms with Gasteiger partial charge in [0.2, 0.25) is 0 Å². The van der Waals surface area contributed by atoms with Crippen LogP contribution >= 0.6 is 0 Å². The summed E-state index contributed by atoms with van der Waals surface area (Å²) in [4.78, 5) is 2.36. The molecule has 0 aliphatic carbocycles. The second-order valence-corrected chi connectivity index (χ2v) is 4.61. The molecule has 0 aromatic rings. The Hall–Kier alpha value is -0.160. The molecule has 0 amide bonds. The van der Waals surface area contributed by atoms with Crippen LogP contribution in [0.15, 0.2) is 0 Å². The van der Waals surface area contributed by atoms with Gasteiger partial charge >= 0.3 is 0 Å². The number of hydrogen-bond acceptors (Lipinski definition) is 4. The molecule has 0 saturated carbocycles. The predicted octanol–water partition coefficient (Wildman–Crippen LogP) is 1.22. The van der Waals surface area contributed by atoms with Crippen LogP contribution in [0.1, 0.15) is 40.0 Å². The average Bonchev–Trinajstić information content (AvgIpc) is 2.36. The molecule has 1 unspecified atom stereocenters. The minimum Gasteiger partial charge on any atom is -0.394 e. The molecule has 0 aliphatic heterocycles. The summed E-state index contributed by atoms with van der Waals surface area (Å²) in [5.41, 5.74) is 5.66. The van der Waals surface area contributed by atoms with Crippen LogP contribution in [0.25, 0.3) is 0 Å². The Morgan fingerprint density at radius 2 is 1.94 bits per heavy atom. The highest BCUT2D eigenvalue weighted by Crippen LogP contribution is 2.13. The highest BCUT2D eigenvalue weighted by molar-refractivity contribution is 4.81. The van der Waals surface area contributed by atoms with Gasteiger partial charge in [-0.1, -0.05) is 13.8 Å². The van der Waals surface area contributed by atoms with Gasteiger partial charge in [0.1, 0.15) is 0 Å². The van der Waals surface area contributed by atoms with Crippen molar-refractivity contribution in [2.75, 3.05) is 39.5 Å². The number of hydrogen-bond donors (Lipinski definition) is 2. The zero-order chi connectivity index (χ0) is 13.1. The SMILES string of the molecule is CCOCCN(CC)CCCC(N)(CC)CO. The Labute approximate surface area is 106 Å². The third-order valence-corrected chi connectivity index (χ3v) is 3.37. The second-order valence-electron chi connectivity index (χ2n) is 4.61. The Kier molecular flexibility index (Phi) is 9.74. The van der Waals surface area contributed by atoms with E-state index in [4.69, 9.17) is 10.5 Å². The fourth-order valence-electron chi connectivity index (χ4n) is 1.79. The standard InChI is InChI=1S/C13H30N2O2/c1-4-13(14,12-16)8-7-9-15(5-2)10-11-17-6-3/h16H,4-12,14H2,1-3H3. The van der Waals surface area contributed by atoms with Gasteiger partial charge < -0.3 is 20.5 Å². The Balaban J connectivity index is 3.75. The third-order valence-electron chi connectivity index (χ3n) is 3.37. The molecule has 0 aromatic carbocycles. The van der Waals surface area contributed by atoms with Crippen molar-refractivity contribution < 1.29 is 9.84 Å². The van der Waals surface area contributed by atoms with Crippen molar-refractivity contribution in [2.24, 2.45) is 5.73 Å². The lowest BCUT2D eigenvalue weighted by molar-refractivity contribution is 0.112. The van der Waals surface area contributed by atoms with E-state index < -0.39 is 0 Å². The second kappa shape index (κ2) is 9.83. The lowest BCUT2D eigenvalue weighted by atomic mass is 9.92. The smallest absolute Gasteiger partial charge is 0.0611 e. The minimum absolute atomic E-state index is 0.0779. The molecule has 17 heavy (non-hydrogen) atoms. The fraction of sp³-hybridized carbons (Fsp3) is 1.00. The van der Waals surface area contributed by atoms with E-state index in [1.165, 1.54) is 0 Å². The molecule has 104 valence electrons. The summed E-state index contributed by atoms with van der Waals surface area (Å²) in [5.74, 6) is 0. The number of nitrogens with zero attached hydrogens (tertiary/aromatic N) is 1. The molecule has 0 fully saturated rings. The first kappa shape index (κ1) is 16.8. The Morgan fingerprint density at radius 3 is 2.41 bits per heavy atom. The van der Waals surface area contributed by atoms with Crippen molar-refractivity contribution in [3.63, 3.8) is 0 Å². The number of aliphatic hydroxyl groups is 1. The third kappa shape index (κ3) is 7.71. The van der Waals surface area contributed by atoms with E-state index in [9.17, 15) is 5.11 Å². The van der Waals surface area contributed by atoms with Crippen LogP contribution in [0.4, 0.5) is 0 Å². The van der Waals surface area contributed by atoms with Gasteiger partial charge in [-0.15, -0.1) is 0 Å². The Morgan fingerprint density at radius 1 is 1.24 bits per heavy atom. The Bertz CT molecular complexity index is 173. The quantitative estimate of drug-likeness (QED) is 0.538. The van der Waals surface area contributed by atoms with Crippen molar-refractivity contribution >= 4 is 0 Å². The molecule has 0 bridgehead atoms. The van der Waals surface area contributed by atoms with Gasteiger partial charge in [0.05, 0.1) is 13.2 Å². The van der Waals surface area contributed by atoms with Crippen LogP contribution < -0.4 is 5.73 Å². The van der Waals surface area contributed by atoms with Gasteiger partial charge in [-0.3, -0.25) is 0 Å². The number of rotatable bonds is 11. The maximum atomic E-state index is 9.22. The summed E-state index contributed by atoms with van der Waals surface area (Å²) in [6.45, 7) is 10.9. The average molecular weight is 246 g/mol. The first-order chi connectivity index (χ1) is 8.11. The van der Waals surface area contributed by atoms with Crippen LogP contribution in [0.3, 0.4) is 0 Å². The summed E-state index contributed by atoms with van der Waals surface area (Å²) in [6, 6.07) is 0. The lowest BCUT2D eigenvalue weighted by Gasteiger charge is -2.27. The van der Waals surface area contributed by atoms with E-state index in [0.717, 1.165) is 52.1 Å². The molecule has 0 aliphatic rings. The van der Waals surface area contributed by atoms with Gasteiger partial charge in [0.15, 0.2) is 0 Å². The molecule has 0 rings (SSSR count). The van der Waals surface area contributed by atoms with Gasteiger partial charge in [0.25, 0.3) is 0 Å². The molecule has 3 N–H and O–H groups in total.